The van der Waals surface area contributed by atoms with Crippen molar-refractivity contribution in [2.45, 2.75) is 25.4 Å². The van der Waals surface area contributed by atoms with E-state index in [0.29, 0.717) is 6.29 Å². The number of nitrogens with zero attached hydrogens (tertiary/aromatic N) is 1. The fourth-order valence-corrected chi connectivity index (χ4v) is 1.04. The van der Waals surface area contributed by atoms with Crippen LogP contribution in [0.15, 0.2) is 10.8 Å². The van der Waals surface area contributed by atoms with Crippen LogP contribution < -0.4 is 0 Å². The molecule has 0 saturated carbocycles. The van der Waals surface area contributed by atoms with Crippen molar-refractivity contribution in [1.29, 1.82) is 0 Å². The molecule has 1 rings (SSSR count). The number of carbonyl (C=O) groups is 1. The van der Waals surface area contributed by atoms with Crippen LogP contribution in [-0.2, 0) is 17.6 Å². The van der Waals surface area contributed by atoms with Gasteiger partial charge in [-0.05, 0) is 6.42 Å². The van der Waals surface area contributed by atoms with Gasteiger partial charge in [-0.2, -0.15) is 13.2 Å². The van der Waals surface area contributed by atoms with Crippen LogP contribution in [0.4, 0.5) is 13.2 Å². The van der Waals surface area contributed by atoms with Crippen molar-refractivity contribution in [3.05, 3.63) is 17.5 Å². The lowest BCUT2D eigenvalue weighted by Gasteiger charge is -2.04. The molecule has 6 heteroatoms. The summed E-state index contributed by atoms with van der Waals surface area (Å²) in [6, 6.07) is 0. The Hall–Kier alpha value is -1.33. The molecule has 0 amide bonds. The maximum atomic E-state index is 12.0. The average molecular weight is 207 g/mol. The zero-order chi connectivity index (χ0) is 10.6. The lowest BCUT2D eigenvalue weighted by atomic mass is 10.1. The fraction of sp³-hybridized carbons (Fsp3) is 0.500. The van der Waals surface area contributed by atoms with Gasteiger partial charge in [0.05, 0.1) is 12.1 Å². The Bertz CT molecular complexity index is 306. The summed E-state index contributed by atoms with van der Waals surface area (Å²) in [5.74, 6) is 0. The minimum Gasteiger partial charge on any atom is -0.364 e. The summed E-state index contributed by atoms with van der Waals surface area (Å²) in [5.41, 5.74) is 0.203. The second-order valence-corrected chi connectivity index (χ2v) is 2.78. The Labute approximate surface area is 77.9 Å². The van der Waals surface area contributed by atoms with E-state index in [9.17, 15) is 18.0 Å². The van der Waals surface area contributed by atoms with Gasteiger partial charge in [-0.3, -0.25) is 0 Å². The number of alkyl halides is 3. The van der Waals surface area contributed by atoms with Gasteiger partial charge in [-0.25, -0.2) is 0 Å². The van der Waals surface area contributed by atoms with E-state index in [1.54, 1.807) is 0 Å². The molecule has 0 aliphatic heterocycles. The predicted octanol–water partition coefficient (Wildman–Crippen LogP) is 1.91. The van der Waals surface area contributed by atoms with Crippen molar-refractivity contribution in [2.75, 3.05) is 0 Å². The largest absolute Gasteiger partial charge is 0.393 e. The molecule has 1 heterocycles. The Kier molecular flexibility index (Phi) is 3.27. The van der Waals surface area contributed by atoms with Gasteiger partial charge in [0.2, 0.25) is 0 Å². The molecule has 0 spiro atoms. The molecule has 0 bridgehead atoms. The topological polar surface area (TPSA) is 43.1 Å². The standard InChI is InChI=1S/C8H8F3NO2/c9-8(10,11)4-6-5-14-12-7(6)2-1-3-13/h3,5H,1-2,4H2. The monoisotopic (exact) mass is 207 g/mol. The number of aromatic nitrogens is 1. The Morgan fingerprint density at radius 3 is 2.79 bits per heavy atom. The molecule has 0 unspecified atom stereocenters. The molecule has 1 aromatic rings. The van der Waals surface area contributed by atoms with E-state index >= 15 is 0 Å². The molecule has 0 N–H and O–H groups in total. The molecule has 0 aromatic carbocycles. The van der Waals surface area contributed by atoms with Crippen molar-refractivity contribution in [3.63, 3.8) is 0 Å². The molecule has 0 radical (unpaired) electrons. The zero-order valence-electron chi connectivity index (χ0n) is 7.17. The van der Waals surface area contributed by atoms with E-state index in [4.69, 9.17) is 0 Å². The SMILES string of the molecule is O=CCCc1nocc1CC(F)(F)F. The maximum absolute atomic E-state index is 12.0. The fourth-order valence-electron chi connectivity index (χ4n) is 1.04. The van der Waals surface area contributed by atoms with E-state index in [-0.39, 0.29) is 24.1 Å². The number of carbonyl (C=O) groups excluding carboxylic acids is 1. The molecule has 78 valence electrons. The van der Waals surface area contributed by atoms with Crippen LogP contribution in [0, 0.1) is 0 Å². The number of hydrogen-bond donors (Lipinski definition) is 0. The first kappa shape index (κ1) is 10.7. The van der Waals surface area contributed by atoms with E-state index in [0.717, 1.165) is 6.26 Å². The molecular weight excluding hydrogens is 199 g/mol. The third-order valence-electron chi connectivity index (χ3n) is 1.62. The first-order chi connectivity index (χ1) is 6.53. The van der Waals surface area contributed by atoms with Crippen LogP contribution in [0.5, 0.6) is 0 Å². The van der Waals surface area contributed by atoms with Crippen LogP contribution in [-0.4, -0.2) is 17.6 Å². The normalized spacial score (nSPS) is 11.6. The minimum atomic E-state index is -4.28. The van der Waals surface area contributed by atoms with Gasteiger partial charge >= 0.3 is 6.18 Å². The lowest BCUT2D eigenvalue weighted by molar-refractivity contribution is -0.127. The summed E-state index contributed by atoms with van der Waals surface area (Å²) >= 11 is 0. The Morgan fingerprint density at radius 1 is 1.50 bits per heavy atom. The van der Waals surface area contributed by atoms with Gasteiger partial charge in [0, 0.05) is 12.0 Å². The second-order valence-electron chi connectivity index (χ2n) is 2.78. The first-order valence-electron chi connectivity index (χ1n) is 3.95. The summed E-state index contributed by atoms with van der Waals surface area (Å²) in [6.07, 6.45) is -3.41. The van der Waals surface area contributed by atoms with E-state index < -0.39 is 12.6 Å². The second kappa shape index (κ2) is 4.26. The van der Waals surface area contributed by atoms with Crippen molar-refractivity contribution in [1.82, 2.24) is 5.16 Å². The zero-order valence-corrected chi connectivity index (χ0v) is 7.17. The highest BCUT2D eigenvalue weighted by atomic mass is 19.4. The minimum absolute atomic E-state index is 0.000602. The van der Waals surface area contributed by atoms with Crippen LogP contribution in [0.3, 0.4) is 0 Å². The van der Waals surface area contributed by atoms with Crippen LogP contribution >= 0.6 is 0 Å². The van der Waals surface area contributed by atoms with E-state index in [2.05, 4.69) is 9.68 Å². The highest BCUT2D eigenvalue weighted by Gasteiger charge is 2.30. The molecule has 0 fully saturated rings. The van der Waals surface area contributed by atoms with Gasteiger partial charge in [0.1, 0.15) is 12.5 Å². The van der Waals surface area contributed by atoms with Gasteiger partial charge in [-0.1, -0.05) is 5.16 Å². The molecule has 0 aliphatic carbocycles. The van der Waals surface area contributed by atoms with Crippen LogP contribution in [0.2, 0.25) is 0 Å². The summed E-state index contributed by atoms with van der Waals surface area (Å²) in [5, 5.41) is 3.40. The molecule has 0 saturated heterocycles. The Morgan fingerprint density at radius 2 is 2.21 bits per heavy atom. The van der Waals surface area contributed by atoms with Crippen LogP contribution in [0.1, 0.15) is 17.7 Å². The summed E-state index contributed by atoms with van der Waals surface area (Å²) in [6.45, 7) is 0. The summed E-state index contributed by atoms with van der Waals surface area (Å²) in [4.78, 5) is 10.0. The number of aldehydes is 1. The maximum Gasteiger partial charge on any atom is 0.393 e. The third-order valence-corrected chi connectivity index (χ3v) is 1.62. The van der Waals surface area contributed by atoms with Gasteiger partial charge in [0.15, 0.2) is 0 Å². The molecule has 3 nitrogen and oxygen atoms in total. The van der Waals surface area contributed by atoms with Crippen LogP contribution in [0.25, 0.3) is 0 Å². The first-order valence-corrected chi connectivity index (χ1v) is 3.95. The van der Waals surface area contributed by atoms with Crippen molar-refractivity contribution < 1.29 is 22.5 Å². The Balaban J connectivity index is 2.67. The van der Waals surface area contributed by atoms with Gasteiger partial charge in [-0.15, -0.1) is 0 Å². The van der Waals surface area contributed by atoms with E-state index in [1.165, 1.54) is 0 Å². The highest BCUT2D eigenvalue weighted by molar-refractivity contribution is 5.49. The molecular formula is C8H8F3NO2. The summed E-state index contributed by atoms with van der Waals surface area (Å²) in [7, 11) is 0. The molecule has 0 aliphatic rings. The molecule has 14 heavy (non-hydrogen) atoms. The number of aryl methyl sites for hydroxylation is 1. The number of halogens is 3. The predicted molar refractivity (Wildman–Crippen MR) is 40.6 cm³/mol. The van der Waals surface area contributed by atoms with Gasteiger partial charge < -0.3 is 9.32 Å². The van der Waals surface area contributed by atoms with Crippen molar-refractivity contribution in [3.8, 4) is 0 Å². The highest BCUT2D eigenvalue weighted by Crippen LogP contribution is 2.23. The summed E-state index contributed by atoms with van der Waals surface area (Å²) < 4.78 is 40.4. The third kappa shape index (κ3) is 3.20. The lowest BCUT2D eigenvalue weighted by Crippen LogP contribution is -2.12. The number of rotatable bonds is 4. The van der Waals surface area contributed by atoms with E-state index in [1.807, 2.05) is 0 Å². The van der Waals surface area contributed by atoms with Crippen molar-refractivity contribution >= 4 is 6.29 Å². The molecule has 0 atom stereocenters. The molecule has 1 aromatic heterocycles. The van der Waals surface area contributed by atoms with Gasteiger partial charge in [0.25, 0.3) is 0 Å². The quantitative estimate of drug-likeness (QED) is 0.708. The smallest absolute Gasteiger partial charge is 0.364 e. The van der Waals surface area contributed by atoms with Crippen molar-refractivity contribution in [2.24, 2.45) is 0 Å². The average Bonchev–Trinajstić information content (AvgIpc) is 2.45. The number of hydrogen-bond acceptors (Lipinski definition) is 3.